The minimum Gasteiger partial charge on any atom is -0.490 e. The Labute approximate surface area is 83.8 Å². The second kappa shape index (κ2) is 3.88. The SMILES string of the molecule is CC(N)C1CCOc2ccccc2O1. The van der Waals surface area contributed by atoms with Gasteiger partial charge in [-0.15, -0.1) is 0 Å². The molecule has 3 heteroatoms. The molecule has 1 aliphatic rings. The fourth-order valence-electron chi connectivity index (χ4n) is 1.54. The maximum Gasteiger partial charge on any atom is 0.161 e. The van der Waals surface area contributed by atoms with Gasteiger partial charge in [-0.1, -0.05) is 12.1 Å². The molecule has 0 saturated carbocycles. The van der Waals surface area contributed by atoms with E-state index in [0.29, 0.717) is 6.61 Å². The molecule has 2 unspecified atom stereocenters. The van der Waals surface area contributed by atoms with Gasteiger partial charge in [0.05, 0.1) is 6.61 Å². The van der Waals surface area contributed by atoms with Crippen molar-refractivity contribution in [2.45, 2.75) is 25.5 Å². The van der Waals surface area contributed by atoms with E-state index in [9.17, 15) is 0 Å². The maximum absolute atomic E-state index is 5.81. The first-order valence-electron chi connectivity index (χ1n) is 4.91. The topological polar surface area (TPSA) is 44.5 Å². The number of hydrogen-bond acceptors (Lipinski definition) is 3. The number of benzene rings is 1. The van der Waals surface area contributed by atoms with Crippen LogP contribution in [0.4, 0.5) is 0 Å². The lowest BCUT2D eigenvalue weighted by Crippen LogP contribution is -2.36. The van der Waals surface area contributed by atoms with Gasteiger partial charge in [0.15, 0.2) is 11.5 Å². The normalized spacial score (nSPS) is 22.6. The van der Waals surface area contributed by atoms with E-state index >= 15 is 0 Å². The Morgan fingerprint density at radius 2 is 2.07 bits per heavy atom. The molecule has 3 nitrogen and oxygen atoms in total. The summed E-state index contributed by atoms with van der Waals surface area (Å²) in [5.74, 6) is 1.61. The van der Waals surface area contributed by atoms with Crippen molar-refractivity contribution in [3.8, 4) is 11.5 Å². The summed E-state index contributed by atoms with van der Waals surface area (Å²) >= 11 is 0. The van der Waals surface area contributed by atoms with Crippen LogP contribution < -0.4 is 15.2 Å². The fourth-order valence-corrected chi connectivity index (χ4v) is 1.54. The Bertz CT molecular complexity index is 312. The highest BCUT2D eigenvalue weighted by Crippen LogP contribution is 2.30. The third kappa shape index (κ3) is 1.82. The number of ether oxygens (including phenoxy) is 2. The summed E-state index contributed by atoms with van der Waals surface area (Å²) in [4.78, 5) is 0. The van der Waals surface area contributed by atoms with Gasteiger partial charge in [0, 0.05) is 12.5 Å². The molecule has 0 amide bonds. The zero-order valence-corrected chi connectivity index (χ0v) is 8.27. The molecule has 0 spiro atoms. The summed E-state index contributed by atoms with van der Waals surface area (Å²) in [7, 11) is 0. The van der Waals surface area contributed by atoms with E-state index in [4.69, 9.17) is 15.2 Å². The molecule has 0 radical (unpaired) electrons. The van der Waals surface area contributed by atoms with Crippen LogP contribution >= 0.6 is 0 Å². The lowest BCUT2D eigenvalue weighted by molar-refractivity contribution is 0.168. The van der Waals surface area contributed by atoms with E-state index < -0.39 is 0 Å². The van der Waals surface area contributed by atoms with Crippen LogP contribution in [0.25, 0.3) is 0 Å². The molecule has 0 saturated heterocycles. The Balaban J connectivity index is 2.22. The summed E-state index contributed by atoms with van der Waals surface area (Å²) in [6.45, 7) is 2.63. The van der Waals surface area contributed by atoms with Crippen molar-refractivity contribution >= 4 is 0 Å². The smallest absolute Gasteiger partial charge is 0.161 e. The van der Waals surface area contributed by atoms with Gasteiger partial charge in [-0.3, -0.25) is 0 Å². The fraction of sp³-hybridized carbons (Fsp3) is 0.455. The lowest BCUT2D eigenvalue weighted by Gasteiger charge is -2.19. The molecule has 0 aliphatic carbocycles. The average Bonchev–Trinajstić information content (AvgIpc) is 2.39. The average molecular weight is 193 g/mol. The Morgan fingerprint density at radius 1 is 1.36 bits per heavy atom. The van der Waals surface area contributed by atoms with E-state index in [1.165, 1.54) is 0 Å². The molecule has 0 aromatic heterocycles. The third-order valence-corrected chi connectivity index (χ3v) is 2.37. The second-order valence-corrected chi connectivity index (χ2v) is 3.60. The van der Waals surface area contributed by atoms with Crippen LogP contribution in [0.5, 0.6) is 11.5 Å². The van der Waals surface area contributed by atoms with Gasteiger partial charge in [0.2, 0.25) is 0 Å². The summed E-state index contributed by atoms with van der Waals surface area (Å²) in [5.41, 5.74) is 5.81. The zero-order chi connectivity index (χ0) is 9.97. The van der Waals surface area contributed by atoms with Crippen molar-refractivity contribution in [2.24, 2.45) is 5.73 Å². The molecule has 2 atom stereocenters. The Hall–Kier alpha value is -1.22. The van der Waals surface area contributed by atoms with E-state index in [-0.39, 0.29) is 12.1 Å². The van der Waals surface area contributed by atoms with Crippen LogP contribution in [0, 0.1) is 0 Å². The summed E-state index contributed by atoms with van der Waals surface area (Å²) in [6.07, 6.45) is 0.894. The van der Waals surface area contributed by atoms with Crippen molar-refractivity contribution in [3.05, 3.63) is 24.3 Å². The molecule has 1 aromatic carbocycles. The van der Waals surface area contributed by atoms with Crippen LogP contribution in [-0.2, 0) is 0 Å². The molecule has 1 aromatic rings. The molecule has 0 bridgehead atoms. The molecule has 1 heterocycles. The molecule has 2 N–H and O–H groups in total. The van der Waals surface area contributed by atoms with Gasteiger partial charge in [-0.05, 0) is 19.1 Å². The quantitative estimate of drug-likeness (QED) is 0.736. The zero-order valence-electron chi connectivity index (χ0n) is 8.27. The van der Waals surface area contributed by atoms with Gasteiger partial charge in [-0.25, -0.2) is 0 Å². The predicted molar refractivity (Wildman–Crippen MR) is 54.6 cm³/mol. The van der Waals surface area contributed by atoms with Gasteiger partial charge < -0.3 is 15.2 Å². The summed E-state index contributed by atoms with van der Waals surface area (Å²) in [5, 5.41) is 0. The van der Waals surface area contributed by atoms with Crippen LogP contribution in [0.15, 0.2) is 24.3 Å². The monoisotopic (exact) mass is 193 g/mol. The number of rotatable bonds is 1. The highest BCUT2D eigenvalue weighted by Gasteiger charge is 2.20. The van der Waals surface area contributed by atoms with Gasteiger partial charge in [-0.2, -0.15) is 0 Å². The Morgan fingerprint density at radius 3 is 2.79 bits per heavy atom. The van der Waals surface area contributed by atoms with Crippen LogP contribution in [0.2, 0.25) is 0 Å². The molecular formula is C11H15NO2. The molecular weight excluding hydrogens is 178 g/mol. The highest BCUT2D eigenvalue weighted by atomic mass is 16.5. The lowest BCUT2D eigenvalue weighted by atomic mass is 10.1. The molecule has 76 valence electrons. The third-order valence-electron chi connectivity index (χ3n) is 2.37. The standard InChI is InChI=1S/C11H15NO2/c1-8(12)9-6-7-13-10-4-2-3-5-11(10)14-9/h2-5,8-9H,6-7,12H2,1H3. The van der Waals surface area contributed by atoms with Gasteiger partial charge >= 0.3 is 0 Å². The van der Waals surface area contributed by atoms with Crippen molar-refractivity contribution in [1.29, 1.82) is 0 Å². The largest absolute Gasteiger partial charge is 0.490 e. The molecule has 14 heavy (non-hydrogen) atoms. The first-order valence-corrected chi connectivity index (χ1v) is 4.91. The summed E-state index contributed by atoms with van der Waals surface area (Å²) in [6, 6.07) is 7.74. The van der Waals surface area contributed by atoms with Crippen LogP contribution in [0.3, 0.4) is 0 Å². The minimum atomic E-state index is 0.0322. The van der Waals surface area contributed by atoms with Crippen molar-refractivity contribution in [1.82, 2.24) is 0 Å². The van der Waals surface area contributed by atoms with Gasteiger partial charge in [0.25, 0.3) is 0 Å². The number of fused-ring (bicyclic) bond motifs is 1. The molecule has 2 rings (SSSR count). The van der Waals surface area contributed by atoms with E-state index in [2.05, 4.69) is 0 Å². The first-order chi connectivity index (χ1) is 6.77. The van der Waals surface area contributed by atoms with Gasteiger partial charge in [0.1, 0.15) is 6.10 Å². The number of hydrogen-bond donors (Lipinski definition) is 1. The van der Waals surface area contributed by atoms with Crippen LogP contribution in [-0.4, -0.2) is 18.8 Å². The predicted octanol–water partition coefficient (Wildman–Crippen LogP) is 1.56. The van der Waals surface area contributed by atoms with Crippen molar-refractivity contribution in [3.63, 3.8) is 0 Å². The molecule has 1 aliphatic heterocycles. The summed E-state index contributed by atoms with van der Waals surface area (Å²) < 4.78 is 11.3. The van der Waals surface area contributed by atoms with Crippen molar-refractivity contribution in [2.75, 3.05) is 6.61 Å². The van der Waals surface area contributed by atoms with E-state index in [0.717, 1.165) is 17.9 Å². The minimum absolute atomic E-state index is 0.0322. The van der Waals surface area contributed by atoms with E-state index in [1.807, 2.05) is 31.2 Å². The van der Waals surface area contributed by atoms with Crippen LogP contribution in [0.1, 0.15) is 13.3 Å². The molecule has 0 fully saturated rings. The highest BCUT2D eigenvalue weighted by molar-refractivity contribution is 5.40. The Kier molecular flexibility index (Phi) is 2.59. The number of para-hydroxylation sites is 2. The second-order valence-electron chi connectivity index (χ2n) is 3.60. The van der Waals surface area contributed by atoms with E-state index in [1.54, 1.807) is 0 Å². The maximum atomic E-state index is 5.81. The number of nitrogens with two attached hydrogens (primary N) is 1. The van der Waals surface area contributed by atoms with Crippen molar-refractivity contribution < 1.29 is 9.47 Å². The first kappa shape index (κ1) is 9.34.